The van der Waals surface area contributed by atoms with Gasteiger partial charge >= 0.3 is 5.97 Å². The van der Waals surface area contributed by atoms with Crippen molar-refractivity contribution < 1.29 is 24.5 Å². The summed E-state index contributed by atoms with van der Waals surface area (Å²) in [6.07, 6.45) is 67.4. The highest BCUT2D eigenvalue weighted by molar-refractivity contribution is 5.76. The van der Waals surface area contributed by atoms with Gasteiger partial charge in [0.1, 0.15) is 0 Å². The van der Waals surface area contributed by atoms with Crippen molar-refractivity contribution in [2.45, 2.75) is 334 Å². The lowest BCUT2D eigenvalue weighted by atomic mass is 10.0. The largest absolute Gasteiger partial charge is 0.466 e. The lowest BCUT2D eigenvalue weighted by Gasteiger charge is -2.22. The number of carbonyl (C=O) groups is 2. The van der Waals surface area contributed by atoms with Crippen molar-refractivity contribution in [3.8, 4) is 0 Å². The average molecular weight is 931 g/mol. The molecule has 0 aliphatic rings. The van der Waals surface area contributed by atoms with Crippen molar-refractivity contribution in [1.82, 2.24) is 5.32 Å². The van der Waals surface area contributed by atoms with Gasteiger partial charge in [-0.3, -0.25) is 9.59 Å². The van der Waals surface area contributed by atoms with Crippen molar-refractivity contribution >= 4 is 11.9 Å². The van der Waals surface area contributed by atoms with Crippen LogP contribution in [0.15, 0.2) is 24.3 Å². The number of allylic oxidation sites excluding steroid dienone is 4. The van der Waals surface area contributed by atoms with E-state index in [1.54, 1.807) is 0 Å². The second-order valence-electron chi connectivity index (χ2n) is 20.3. The Morgan fingerprint density at radius 3 is 1.08 bits per heavy atom. The van der Waals surface area contributed by atoms with E-state index in [-0.39, 0.29) is 18.5 Å². The Morgan fingerprint density at radius 2 is 0.712 bits per heavy atom. The van der Waals surface area contributed by atoms with Crippen LogP contribution in [0.3, 0.4) is 0 Å². The predicted molar refractivity (Wildman–Crippen MR) is 287 cm³/mol. The molecule has 6 heteroatoms. The lowest BCUT2D eigenvalue weighted by molar-refractivity contribution is -0.143. The number of unbranched alkanes of at least 4 members (excludes halogenated alkanes) is 40. The number of ether oxygens (including phenoxy) is 1. The third kappa shape index (κ3) is 51.7. The minimum atomic E-state index is -0.675. The maximum Gasteiger partial charge on any atom is 0.305 e. The van der Waals surface area contributed by atoms with Crippen LogP contribution in [-0.2, 0) is 14.3 Å². The Hall–Kier alpha value is -1.66. The number of nitrogens with one attached hydrogen (secondary N) is 1. The maximum atomic E-state index is 12.5. The Labute approximate surface area is 411 Å². The second kappa shape index (κ2) is 55.9. The van der Waals surface area contributed by atoms with Gasteiger partial charge < -0.3 is 20.3 Å². The molecule has 6 nitrogen and oxygen atoms in total. The van der Waals surface area contributed by atoms with Gasteiger partial charge in [0.15, 0.2) is 0 Å². The SMILES string of the molecule is CCCCCCCCC/C=C\CCCCCCCC(=O)OCCCCCCCCC/C=C\CCCCCCCC(=O)NC(CO)C(O)CCCCCCCCCCCCCCCCCCC. The molecule has 2 atom stereocenters. The summed E-state index contributed by atoms with van der Waals surface area (Å²) in [6.45, 7) is 4.94. The molecule has 2 unspecified atom stereocenters. The van der Waals surface area contributed by atoms with E-state index in [2.05, 4.69) is 43.5 Å². The summed E-state index contributed by atoms with van der Waals surface area (Å²) in [5.74, 6) is -0.0601. The first-order chi connectivity index (χ1) is 32.5. The lowest BCUT2D eigenvalue weighted by Crippen LogP contribution is -2.45. The molecule has 0 aromatic carbocycles. The summed E-state index contributed by atoms with van der Waals surface area (Å²) >= 11 is 0. The van der Waals surface area contributed by atoms with E-state index in [1.165, 1.54) is 225 Å². The average Bonchev–Trinajstić information content (AvgIpc) is 3.32. The van der Waals surface area contributed by atoms with Crippen LogP contribution in [0.2, 0.25) is 0 Å². The molecule has 0 aromatic heterocycles. The van der Waals surface area contributed by atoms with Gasteiger partial charge in [-0.05, 0) is 77.0 Å². The van der Waals surface area contributed by atoms with Crippen LogP contribution >= 0.6 is 0 Å². The molecule has 0 spiro atoms. The molecule has 66 heavy (non-hydrogen) atoms. The summed E-state index contributed by atoms with van der Waals surface area (Å²) in [6, 6.07) is -0.554. The van der Waals surface area contributed by atoms with E-state index in [9.17, 15) is 19.8 Å². The van der Waals surface area contributed by atoms with Crippen molar-refractivity contribution in [3.63, 3.8) is 0 Å². The molecule has 0 rings (SSSR count). The number of hydrogen-bond acceptors (Lipinski definition) is 5. The van der Waals surface area contributed by atoms with Gasteiger partial charge in [-0.2, -0.15) is 0 Å². The van der Waals surface area contributed by atoms with Gasteiger partial charge in [0, 0.05) is 12.8 Å². The van der Waals surface area contributed by atoms with Crippen LogP contribution in [0.5, 0.6) is 0 Å². The number of carbonyl (C=O) groups excluding carboxylic acids is 2. The van der Waals surface area contributed by atoms with Crippen molar-refractivity contribution in [2.24, 2.45) is 0 Å². The van der Waals surface area contributed by atoms with Crippen LogP contribution in [0.25, 0.3) is 0 Å². The highest BCUT2D eigenvalue weighted by Crippen LogP contribution is 2.17. The topological polar surface area (TPSA) is 95.9 Å². The number of esters is 1. The van der Waals surface area contributed by atoms with Gasteiger partial charge in [0.05, 0.1) is 25.4 Å². The van der Waals surface area contributed by atoms with Crippen molar-refractivity contribution in [3.05, 3.63) is 24.3 Å². The molecule has 0 fully saturated rings. The Morgan fingerprint density at radius 1 is 0.409 bits per heavy atom. The van der Waals surface area contributed by atoms with Crippen LogP contribution < -0.4 is 5.32 Å². The zero-order chi connectivity index (χ0) is 47.9. The summed E-state index contributed by atoms with van der Waals surface area (Å²) < 4.78 is 5.47. The minimum Gasteiger partial charge on any atom is -0.466 e. The first kappa shape index (κ1) is 64.3. The molecule has 3 N–H and O–H groups in total. The normalized spacial score (nSPS) is 12.7. The molecule has 0 aromatic rings. The van der Waals surface area contributed by atoms with Crippen LogP contribution in [0.1, 0.15) is 322 Å². The molecule has 0 aliphatic carbocycles. The maximum absolute atomic E-state index is 12.5. The molecular formula is C60H115NO5. The molecule has 0 radical (unpaired) electrons. The number of rotatable bonds is 55. The number of hydrogen-bond donors (Lipinski definition) is 3. The summed E-state index contributed by atoms with van der Waals surface area (Å²) in [5.41, 5.74) is 0. The van der Waals surface area contributed by atoms with Gasteiger partial charge in [0.2, 0.25) is 5.91 Å². The molecule has 0 heterocycles. The number of aliphatic hydroxyl groups is 2. The van der Waals surface area contributed by atoms with Gasteiger partial charge in [0.25, 0.3) is 0 Å². The third-order valence-electron chi connectivity index (χ3n) is 13.7. The quantitative estimate of drug-likeness (QED) is 0.0321. The third-order valence-corrected chi connectivity index (χ3v) is 13.7. The van der Waals surface area contributed by atoms with Gasteiger partial charge in [-0.15, -0.1) is 0 Å². The van der Waals surface area contributed by atoms with E-state index >= 15 is 0 Å². The number of amides is 1. The molecule has 0 bridgehead atoms. The smallest absolute Gasteiger partial charge is 0.305 e. The van der Waals surface area contributed by atoms with E-state index in [1.807, 2.05) is 0 Å². The zero-order valence-corrected chi connectivity index (χ0v) is 44.4. The van der Waals surface area contributed by atoms with Crippen molar-refractivity contribution in [1.29, 1.82) is 0 Å². The second-order valence-corrected chi connectivity index (χ2v) is 20.3. The molecule has 0 saturated carbocycles. The fourth-order valence-corrected chi connectivity index (χ4v) is 9.16. The van der Waals surface area contributed by atoms with Crippen molar-refractivity contribution in [2.75, 3.05) is 13.2 Å². The molecule has 1 amide bonds. The molecular weight excluding hydrogens is 815 g/mol. The van der Waals surface area contributed by atoms with Crippen LogP contribution in [0.4, 0.5) is 0 Å². The highest BCUT2D eigenvalue weighted by atomic mass is 16.5. The Balaban J connectivity index is 3.46. The Bertz CT molecular complexity index is 1030. The fourth-order valence-electron chi connectivity index (χ4n) is 9.16. The number of aliphatic hydroxyl groups excluding tert-OH is 2. The molecule has 390 valence electrons. The van der Waals surface area contributed by atoms with Crippen LogP contribution in [-0.4, -0.2) is 47.4 Å². The highest BCUT2D eigenvalue weighted by Gasteiger charge is 2.20. The zero-order valence-electron chi connectivity index (χ0n) is 44.4. The standard InChI is InChI=1S/C60H115NO5/c1-3-5-7-9-11-13-15-17-19-21-24-28-32-36-40-44-48-52-58(63)57(56-62)61-59(64)53-49-45-41-37-33-29-25-22-23-27-31-35-39-43-47-51-55-66-60(65)54-50-46-42-38-34-30-26-20-18-16-14-12-10-8-6-4-2/h20,22,25-26,57-58,62-63H,3-19,21,23-24,27-56H2,1-2H3,(H,61,64)/b25-22-,26-20-. The van der Waals surface area contributed by atoms with Crippen LogP contribution in [0, 0.1) is 0 Å². The monoisotopic (exact) mass is 930 g/mol. The van der Waals surface area contributed by atoms with E-state index in [4.69, 9.17) is 4.74 Å². The van der Waals surface area contributed by atoms with E-state index < -0.39 is 12.1 Å². The minimum absolute atomic E-state index is 0.00976. The summed E-state index contributed by atoms with van der Waals surface area (Å²) in [4.78, 5) is 24.5. The van der Waals surface area contributed by atoms with Gasteiger partial charge in [-0.25, -0.2) is 0 Å². The summed E-state index contributed by atoms with van der Waals surface area (Å²) in [7, 11) is 0. The van der Waals surface area contributed by atoms with E-state index in [0.29, 0.717) is 25.9 Å². The first-order valence-corrected chi connectivity index (χ1v) is 29.6. The first-order valence-electron chi connectivity index (χ1n) is 29.6. The summed E-state index contributed by atoms with van der Waals surface area (Å²) in [5, 5.41) is 23.3. The predicted octanol–water partition coefficient (Wildman–Crippen LogP) is 18.2. The molecule has 0 saturated heterocycles. The fraction of sp³-hybridized carbons (Fsp3) is 0.900. The van der Waals surface area contributed by atoms with E-state index in [0.717, 1.165) is 64.2 Å². The molecule has 0 aliphatic heterocycles. The van der Waals surface area contributed by atoms with Gasteiger partial charge in [-0.1, -0.05) is 256 Å². The Kier molecular flexibility index (Phi) is 54.5.